The average Bonchev–Trinajstić information content (AvgIpc) is 3.17. The summed E-state index contributed by atoms with van der Waals surface area (Å²) in [6.07, 6.45) is 16.3. The summed E-state index contributed by atoms with van der Waals surface area (Å²) in [6.45, 7) is 24.9. The molecule has 310 valence electrons. The largest absolute Gasteiger partial charge is 0.478 e. The summed E-state index contributed by atoms with van der Waals surface area (Å²) in [5, 5.41) is 14.5. The summed E-state index contributed by atoms with van der Waals surface area (Å²) in [7, 11) is 0. The van der Waals surface area contributed by atoms with Gasteiger partial charge in [0.15, 0.2) is 0 Å². The molecule has 1 aliphatic carbocycles. The van der Waals surface area contributed by atoms with Crippen LogP contribution < -0.4 is 10.6 Å². The molecule has 0 aromatic heterocycles. The van der Waals surface area contributed by atoms with E-state index >= 15 is 0 Å². The lowest BCUT2D eigenvalue weighted by Crippen LogP contribution is -2.19. The van der Waals surface area contributed by atoms with Gasteiger partial charge in [-0.05, 0) is 97.5 Å². The molecule has 2 atom stereocenters. The number of Topliss-reactive ketones (excluding diaryl/α,β-unsaturated/α-hetero) is 1. The van der Waals surface area contributed by atoms with E-state index in [0.717, 1.165) is 54.0 Å². The number of unbranched alkanes of at least 4 members (excludes halogenated alkanes) is 2. The minimum absolute atomic E-state index is 0.277. The third kappa shape index (κ3) is 24.3. The number of hydrogen-bond donors (Lipinski definition) is 3. The molecule has 3 aromatic carbocycles. The number of carboxylic acid groups (broad SMARTS) is 1. The first kappa shape index (κ1) is 53.2. The fourth-order valence-corrected chi connectivity index (χ4v) is 5.69. The Labute approximate surface area is 337 Å². The highest BCUT2D eigenvalue weighted by molar-refractivity contribution is 6.00. The second kappa shape index (κ2) is 34.6. The van der Waals surface area contributed by atoms with E-state index < -0.39 is 5.97 Å². The van der Waals surface area contributed by atoms with E-state index in [0.29, 0.717) is 30.0 Å². The monoisotopic (exact) mass is 761 g/mol. The molecule has 1 saturated carbocycles. The Bertz CT molecular complexity index is 1410. The fourth-order valence-electron chi connectivity index (χ4n) is 5.69. The van der Waals surface area contributed by atoms with Crippen LogP contribution >= 0.6 is 0 Å². The van der Waals surface area contributed by atoms with Crippen LogP contribution in [-0.4, -0.2) is 22.9 Å². The molecule has 4 rings (SSSR count). The maximum absolute atomic E-state index is 12.5. The SMILES string of the molecule is C1CCC1.CC.CC.CC.CCCCC(CC)C(C)CCC(=O)Cc1ccc(NC(=O)Nc2ccccc2C)cc1.CCCCc1cc(C(=O)O)ccc1C. The number of ketones is 1. The number of rotatable bonds is 16. The summed E-state index contributed by atoms with van der Waals surface area (Å²) in [5.74, 6) is 0.765. The Morgan fingerprint density at radius 2 is 1.29 bits per heavy atom. The molecule has 0 aliphatic heterocycles. The molecular formula is C49H80N2O4. The van der Waals surface area contributed by atoms with Crippen molar-refractivity contribution >= 4 is 29.2 Å². The highest BCUT2D eigenvalue weighted by atomic mass is 16.4. The van der Waals surface area contributed by atoms with Gasteiger partial charge in [-0.25, -0.2) is 9.59 Å². The lowest BCUT2D eigenvalue weighted by atomic mass is 9.83. The lowest BCUT2D eigenvalue weighted by molar-refractivity contribution is -0.118. The van der Waals surface area contributed by atoms with Crippen molar-refractivity contribution in [3.63, 3.8) is 0 Å². The Hall–Kier alpha value is -3.93. The third-order valence-corrected chi connectivity index (χ3v) is 9.54. The molecule has 55 heavy (non-hydrogen) atoms. The molecule has 2 unspecified atom stereocenters. The average molecular weight is 761 g/mol. The van der Waals surface area contributed by atoms with E-state index in [2.05, 4.69) is 38.3 Å². The topological polar surface area (TPSA) is 95.5 Å². The van der Waals surface area contributed by atoms with Gasteiger partial charge in [0.25, 0.3) is 0 Å². The van der Waals surface area contributed by atoms with Crippen LogP contribution in [0.4, 0.5) is 16.2 Å². The second-order valence-electron chi connectivity index (χ2n) is 13.6. The molecule has 1 fully saturated rings. The lowest BCUT2D eigenvalue weighted by Gasteiger charge is -2.22. The van der Waals surface area contributed by atoms with Crippen molar-refractivity contribution in [3.05, 3.63) is 94.5 Å². The Morgan fingerprint density at radius 3 is 1.80 bits per heavy atom. The highest BCUT2D eigenvalue weighted by Gasteiger charge is 2.16. The molecule has 3 N–H and O–H groups in total. The van der Waals surface area contributed by atoms with E-state index in [1.165, 1.54) is 56.9 Å². The van der Waals surface area contributed by atoms with E-state index in [4.69, 9.17) is 5.11 Å². The van der Waals surface area contributed by atoms with Crippen molar-refractivity contribution < 1.29 is 19.5 Å². The van der Waals surface area contributed by atoms with Crippen LogP contribution in [0.1, 0.15) is 179 Å². The Kier molecular flexibility index (Phi) is 33.4. The molecule has 1 aliphatic rings. The van der Waals surface area contributed by atoms with Crippen LogP contribution in [0.15, 0.2) is 66.7 Å². The quantitative estimate of drug-likeness (QED) is 0.135. The van der Waals surface area contributed by atoms with Crippen LogP contribution in [-0.2, 0) is 17.6 Å². The van der Waals surface area contributed by atoms with Gasteiger partial charge >= 0.3 is 12.0 Å². The summed E-state index contributed by atoms with van der Waals surface area (Å²) in [5.41, 5.74) is 6.22. The standard InChI is InChI=1S/C27H38N2O2.C12H16O2.C4H8.3C2H6/c1-5-7-11-23(6-2)20(3)13-18-25(30)19-22-14-16-24(17-15-22)28-27(31)29-26-12-9-8-10-21(26)4;1-3-4-5-10-8-11(12(13)14)7-6-9(10)2;1-2-4-3-1;3*1-2/h8-10,12,14-17,20,23H,5-7,11,13,18-19H2,1-4H3,(H2,28,29,31);6-8H,3-5H2,1-2H3,(H,13,14);1-4H2;3*1-2H3. The number of aryl methyl sites for hydroxylation is 3. The van der Waals surface area contributed by atoms with Gasteiger partial charge < -0.3 is 15.7 Å². The van der Waals surface area contributed by atoms with Crippen molar-refractivity contribution in [2.24, 2.45) is 11.8 Å². The van der Waals surface area contributed by atoms with Gasteiger partial charge in [0.05, 0.1) is 5.56 Å². The minimum Gasteiger partial charge on any atom is -0.478 e. The number of carbonyl (C=O) groups is 3. The minimum atomic E-state index is -0.845. The van der Waals surface area contributed by atoms with Crippen LogP contribution in [0, 0.1) is 25.7 Å². The van der Waals surface area contributed by atoms with Crippen molar-refractivity contribution in [2.45, 2.75) is 173 Å². The molecule has 6 nitrogen and oxygen atoms in total. The van der Waals surface area contributed by atoms with E-state index in [-0.39, 0.29) is 11.8 Å². The molecular weight excluding hydrogens is 681 g/mol. The van der Waals surface area contributed by atoms with E-state index in [9.17, 15) is 14.4 Å². The zero-order valence-electron chi connectivity index (χ0n) is 37.1. The number of urea groups is 1. The Morgan fingerprint density at radius 1 is 0.709 bits per heavy atom. The molecule has 0 radical (unpaired) electrons. The zero-order valence-corrected chi connectivity index (χ0v) is 37.1. The van der Waals surface area contributed by atoms with Crippen molar-refractivity contribution in [1.82, 2.24) is 0 Å². The van der Waals surface area contributed by atoms with E-state index in [1.807, 2.05) is 110 Å². The molecule has 0 bridgehead atoms. The number of hydrogen-bond acceptors (Lipinski definition) is 3. The predicted octanol–water partition coefficient (Wildman–Crippen LogP) is 15.1. The van der Waals surface area contributed by atoms with Gasteiger partial charge in [-0.1, -0.05) is 163 Å². The summed E-state index contributed by atoms with van der Waals surface area (Å²) in [6, 6.07) is 20.2. The second-order valence-corrected chi connectivity index (χ2v) is 13.6. The van der Waals surface area contributed by atoms with Crippen molar-refractivity contribution in [2.75, 3.05) is 10.6 Å². The van der Waals surface area contributed by atoms with Crippen molar-refractivity contribution in [1.29, 1.82) is 0 Å². The predicted molar refractivity (Wildman–Crippen MR) is 240 cm³/mol. The summed E-state index contributed by atoms with van der Waals surface area (Å²) >= 11 is 0. The summed E-state index contributed by atoms with van der Waals surface area (Å²) in [4.78, 5) is 35.4. The number of aromatic carboxylic acids is 1. The van der Waals surface area contributed by atoms with Crippen LogP contribution in [0.3, 0.4) is 0 Å². The molecule has 0 saturated heterocycles. The van der Waals surface area contributed by atoms with Crippen LogP contribution in [0.25, 0.3) is 0 Å². The first-order valence-corrected chi connectivity index (χ1v) is 21.6. The molecule has 0 heterocycles. The highest BCUT2D eigenvalue weighted by Crippen LogP contribution is 2.26. The smallest absolute Gasteiger partial charge is 0.335 e. The van der Waals surface area contributed by atoms with Gasteiger partial charge in [-0.15, -0.1) is 0 Å². The number of para-hydroxylation sites is 1. The van der Waals surface area contributed by atoms with Gasteiger partial charge in [0.2, 0.25) is 0 Å². The Balaban J connectivity index is 0. The fraction of sp³-hybridized carbons (Fsp3) is 0.571. The molecule has 6 heteroatoms. The van der Waals surface area contributed by atoms with E-state index in [1.54, 1.807) is 12.1 Å². The number of anilines is 2. The molecule has 2 amide bonds. The first-order chi connectivity index (χ1) is 26.6. The third-order valence-electron chi connectivity index (χ3n) is 9.54. The number of nitrogens with one attached hydrogen (secondary N) is 2. The molecule has 0 spiro atoms. The molecule has 3 aromatic rings. The number of benzene rings is 3. The number of carboxylic acids is 1. The van der Waals surface area contributed by atoms with Crippen LogP contribution in [0.5, 0.6) is 0 Å². The number of amides is 2. The van der Waals surface area contributed by atoms with Crippen LogP contribution in [0.2, 0.25) is 0 Å². The maximum atomic E-state index is 12.5. The van der Waals surface area contributed by atoms with Crippen molar-refractivity contribution in [3.8, 4) is 0 Å². The van der Waals surface area contributed by atoms with Gasteiger partial charge in [-0.2, -0.15) is 0 Å². The normalized spacial score (nSPS) is 11.9. The maximum Gasteiger partial charge on any atom is 0.335 e. The zero-order chi connectivity index (χ0) is 42.0. The number of carbonyl (C=O) groups excluding carboxylic acids is 2. The van der Waals surface area contributed by atoms with Gasteiger partial charge in [0, 0.05) is 24.2 Å². The summed E-state index contributed by atoms with van der Waals surface area (Å²) < 4.78 is 0. The van der Waals surface area contributed by atoms with Gasteiger partial charge in [0.1, 0.15) is 5.78 Å². The first-order valence-electron chi connectivity index (χ1n) is 21.6. The van der Waals surface area contributed by atoms with Gasteiger partial charge in [-0.3, -0.25) is 4.79 Å².